The standard InChI is InChI=1S/C7H18O2Si/c1-4-7(5-2,9-10)8-6-3/h4-6H2,1-3,10H3. The van der Waals surface area contributed by atoms with Crippen LogP contribution in [-0.2, 0) is 9.16 Å². The molecule has 0 spiro atoms. The second-order valence-corrected chi connectivity index (χ2v) is 2.66. The minimum atomic E-state index is -0.263. The molecule has 0 aromatic carbocycles. The Labute approximate surface area is 66.5 Å². The van der Waals surface area contributed by atoms with E-state index in [1.54, 1.807) is 0 Å². The van der Waals surface area contributed by atoms with E-state index < -0.39 is 0 Å². The molecule has 0 fully saturated rings. The summed E-state index contributed by atoms with van der Waals surface area (Å²) in [6.45, 7) is 6.93. The Hall–Kier alpha value is 0.137. The number of ether oxygens (including phenoxy) is 1. The number of hydrogen-bond donors (Lipinski definition) is 0. The van der Waals surface area contributed by atoms with Gasteiger partial charge in [0.2, 0.25) is 0 Å². The predicted octanol–water partition coefficient (Wildman–Crippen LogP) is 0.836. The van der Waals surface area contributed by atoms with Crippen molar-refractivity contribution >= 4 is 10.5 Å². The lowest BCUT2D eigenvalue weighted by atomic mass is 10.1. The van der Waals surface area contributed by atoms with Gasteiger partial charge in [0.05, 0.1) is 0 Å². The molecule has 0 aromatic rings. The average Bonchev–Trinajstić information content (AvgIpc) is 2.01. The third kappa shape index (κ3) is 2.40. The molecule has 0 aliphatic rings. The summed E-state index contributed by atoms with van der Waals surface area (Å²) in [4.78, 5) is 0. The SMILES string of the molecule is CCOC(CC)(CC)O[SiH3]. The van der Waals surface area contributed by atoms with E-state index >= 15 is 0 Å². The van der Waals surface area contributed by atoms with E-state index in [2.05, 4.69) is 13.8 Å². The second-order valence-electron chi connectivity index (χ2n) is 2.25. The zero-order valence-corrected chi connectivity index (χ0v) is 9.44. The maximum Gasteiger partial charge on any atom is 0.157 e. The molecule has 62 valence electrons. The first-order valence-corrected chi connectivity index (χ1v) is 4.75. The van der Waals surface area contributed by atoms with Crippen LogP contribution in [0.2, 0.25) is 0 Å². The van der Waals surface area contributed by atoms with Crippen molar-refractivity contribution in [3.63, 3.8) is 0 Å². The van der Waals surface area contributed by atoms with E-state index in [-0.39, 0.29) is 5.79 Å². The van der Waals surface area contributed by atoms with Gasteiger partial charge in [0.15, 0.2) is 5.79 Å². The first-order chi connectivity index (χ1) is 4.74. The third-order valence-corrected chi connectivity index (χ3v) is 2.60. The normalized spacial score (nSPS) is 12.3. The monoisotopic (exact) mass is 162 g/mol. The van der Waals surface area contributed by atoms with Crippen LogP contribution in [0.1, 0.15) is 33.6 Å². The molecule has 10 heavy (non-hydrogen) atoms. The molecule has 0 radical (unpaired) electrons. The van der Waals surface area contributed by atoms with Crippen LogP contribution in [0, 0.1) is 0 Å². The summed E-state index contributed by atoms with van der Waals surface area (Å²) >= 11 is 0. The fraction of sp³-hybridized carbons (Fsp3) is 1.00. The molecule has 0 bridgehead atoms. The van der Waals surface area contributed by atoms with Crippen molar-refractivity contribution in [1.82, 2.24) is 0 Å². The first kappa shape index (κ1) is 10.1. The van der Waals surface area contributed by atoms with E-state index in [4.69, 9.17) is 9.16 Å². The van der Waals surface area contributed by atoms with Crippen LogP contribution in [0.25, 0.3) is 0 Å². The van der Waals surface area contributed by atoms with Crippen LogP contribution < -0.4 is 0 Å². The molecule has 0 aliphatic heterocycles. The first-order valence-electron chi connectivity index (χ1n) is 3.93. The highest BCUT2D eigenvalue weighted by molar-refractivity contribution is 5.98. The molecule has 3 heteroatoms. The Bertz CT molecular complexity index is 73.4. The van der Waals surface area contributed by atoms with Gasteiger partial charge in [-0.3, -0.25) is 0 Å². The smallest absolute Gasteiger partial charge is 0.157 e. The summed E-state index contributed by atoms with van der Waals surface area (Å²) < 4.78 is 10.9. The van der Waals surface area contributed by atoms with E-state index in [9.17, 15) is 0 Å². The van der Waals surface area contributed by atoms with Crippen LogP contribution in [-0.4, -0.2) is 22.9 Å². The van der Waals surface area contributed by atoms with Gasteiger partial charge in [-0.15, -0.1) is 0 Å². The van der Waals surface area contributed by atoms with Gasteiger partial charge in [-0.05, 0) is 19.8 Å². The van der Waals surface area contributed by atoms with E-state index in [1.807, 2.05) is 6.92 Å². The van der Waals surface area contributed by atoms with Crippen molar-refractivity contribution in [3.8, 4) is 0 Å². The van der Waals surface area contributed by atoms with Crippen molar-refractivity contribution < 1.29 is 9.16 Å². The van der Waals surface area contributed by atoms with Crippen molar-refractivity contribution in [2.45, 2.75) is 39.4 Å². The molecule has 0 atom stereocenters. The van der Waals surface area contributed by atoms with Crippen molar-refractivity contribution in [3.05, 3.63) is 0 Å². The molecular formula is C7H18O2Si. The van der Waals surface area contributed by atoms with E-state index in [1.165, 1.54) is 0 Å². The molecule has 0 heterocycles. The summed E-state index contributed by atoms with van der Waals surface area (Å²) in [5.41, 5.74) is 0. The summed E-state index contributed by atoms with van der Waals surface area (Å²) in [5, 5.41) is 0. The van der Waals surface area contributed by atoms with Gasteiger partial charge < -0.3 is 9.16 Å². The van der Waals surface area contributed by atoms with Crippen LogP contribution in [0.15, 0.2) is 0 Å². The van der Waals surface area contributed by atoms with Gasteiger partial charge in [-0.25, -0.2) is 0 Å². The van der Waals surface area contributed by atoms with Crippen LogP contribution in [0.5, 0.6) is 0 Å². The van der Waals surface area contributed by atoms with Gasteiger partial charge in [0.25, 0.3) is 0 Å². The lowest BCUT2D eigenvalue weighted by molar-refractivity contribution is -0.181. The maximum atomic E-state index is 5.49. The Balaban J connectivity index is 3.87. The van der Waals surface area contributed by atoms with Crippen LogP contribution >= 0.6 is 0 Å². The molecule has 0 saturated heterocycles. The highest BCUT2D eigenvalue weighted by atomic mass is 28.2. The lowest BCUT2D eigenvalue weighted by Crippen LogP contribution is -2.33. The van der Waals surface area contributed by atoms with Crippen molar-refractivity contribution in [1.29, 1.82) is 0 Å². The number of rotatable bonds is 5. The predicted molar refractivity (Wildman–Crippen MR) is 46.0 cm³/mol. The van der Waals surface area contributed by atoms with Gasteiger partial charge in [-0.2, -0.15) is 0 Å². The van der Waals surface area contributed by atoms with Crippen LogP contribution in [0.4, 0.5) is 0 Å². The minimum absolute atomic E-state index is 0.263. The third-order valence-electron chi connectivity index (χ3n) is 1.86. The zero-order chi connectivity index (χ0) is 8.04. The molecule has 0 unspecified atom stereocenters. The summed E-state index contributed by atoms with van der Waals surface area (Å²) in [6, 6.07) is 0. The second kappa shape index (κ2) is 4.88. The van der Waals surface area contributed by atoms with Gasteiger partial charge in [0, 0.05) is 6.61 Å². The van der Waals surface area contributed by atoms with Crippen LogP contribution in [0.3, 0.4) is 0 Å². The summed E-state index contributed by atoms with van der Waals surface area (Å²) in [7, 11) is 0.755. The maximum absolute atomic E-state index is 5.49. The quantitative estimate of drug-likeness (QED) is 0.440. The molecule has 0 saturated carbocycles. The zero-order valence-electron chi connectivity index (χ0n) is 7.44. The van der Waals surface area contributed by atoms with E-state index in [0.29, 0.717) is 0 Å². The number of hydrogen-bond acceptors (Lipinski definition) is 2. The average molecular weight is 162 g/mol. The topological polar surface area (TPSA) is 18.5 Å². The minimum Gasteiger partial charge on any atom is -0.401 e. The molecule has 0 aromatic heterocycles. The highest BCUT2D eigenvalue weighted by Crippen LogP contribution is 2.20. The largest absolute Gasteiger partial charge is 0.401 e. The van der Waals surface area contributed by atoms with Crippen molar-refractivity contribution in [2.24, 2.45) is 0 Å². The molecule has 0 aliphatic carbocycles. The van der Waals surface area contributed by atoms with Crippen molar-refractivity contribution in [2.75, 3.05) is 6.61 Å². The van der Waals surface area contributed by atoms with Gasteiger partial charge in [-0.1, -0.05) is 13.8 Å². The Morgan fingerprint density at radius 3 is 1.80 bits per heavy atom. The fourth-order valence-electron chi connectivity index (χ4n) is 1.06. The lowest BCUT2D eigenvalue weighted by Gasteiger charge is -2.30. The molecule has 0 amide bonds. The van der Waals surface area contributed by atoms with Gasteiger partial charge >= 0.3 is 0 Å². The Morgan fingerprint density at radius 2 is 1.70 bits per heavy atom. The molecular weight excluding hydrogens is 144 g/mol. The Morgan fingerprint density at radius 1 is 1.20 bits per heavy atom. The van der Waals surface area contributed by atoms with E-state index in [0.717, 1.165) is 29.9 Å². The fourth-order valence-corrected chi connectivity index (χ4v) is 1.76. The molecule has 0 N–H and O–H groups in total. The van der Waals surface area contributed by atoms with Gasteiger partial charge in [0.1, 0.15) is 10.5 Å². The highest BCUT2D eigenvalue weighted by Gasteiger charge is 2.24. The summed E-state index contributed by atoms with van der Waals surface area (Å²) in [6.07, 6.45) is 1.89. The summed E-state index contributed by atoms with van der Waals surface area (Å²) in [5.74, 6) is -0.263. The molecule has 0 rings (SSSR count). The molecule has 2 nitrogen and oxygen atoms in total. The Kier molecular flexibility index (Phi) is 4.94.